The van der Waals surface area contributed by atoms with Gasteiger partial charge >= 0.3 is 0 Å². The van der Waals surface area contributed by atoms with E-state index in [-0.39, 0.29) is 24.4 Å². The first kappa shape index (κ1) is 17.8. The van der Waals surface area contributed by atoms with E-state index in [1.54, 1.807) is 0 Å². The van der Waals surface area contributed by atoms with Crippen LogP contribution in [-0.4, -0.2) is 25.1 Å². The van der Waals surface area contributed by atoms with Gasteiger partial charge in [-0.05, 0) is 37.9 Å². The Balaban J connectivity index is 0.00000220. The second kappa shape index (κ2) is 9.64. The van der Waals surface area contributed by atoms with Gasteiger partial charge in [0, 0.05) is 11.8 Å². The topological polar surface area (TPSA) is 50.4 Å². The molecule has 1 heterocycles. The summed E-state index contributed by atoms with van der Waals surface area (Å²) in [4.78, 5) is 12.1. The fraction of sp³-hybridized carbons (Fsp3) is 0.562. The molecule has 0 spiro atoms. The Bertz CT molecular complexity index is 434. The van der Waals surface area contributed by atoms with E-state index in [0.717, 1.165) is 56.7 Å². The fourth-order valence-electron chi connectivity index (χ4n) is 2.30. The lowest BCUT2D eigenvalue weighted by Crippen LogP contribution is -2.43. The zero-order valence-corrected chi connectivity index (χ0v) is 13.4. The molecule has 5 heteroatoms. The quantitative estimate of drug-likeness (QED) is 0.792. The molecule has 1 aliphatic heterocycles. The lowest BCUT2D eigenvalue weighted by atomic mass is 10.0. The number of amides is 1. The van der Waals surface area contributed by atoms with Crippen molar-refractivity contribution < 1.29 is 9.53 Å². The van der Waals surface area contributed by atoms with Gasteiger partial charge in [-0.3, -0.25) is 4.79 Å². The molecule has 1 atom stereocenters. The van der Waals surface area contributed by atoms with Crippen molar-refractivity contribution in [1.82, 2.24) is 5.32 Å². The molecule has 0 aromatic heterocycles. The molecule has 0 aliphatic carbocycles. The van der Waals surface area contributed by atoms with E-state index in [1.165, 1.54) is 0 Å². The number of piperidine rings is 1. The molecule has 1 aromatic carbocycles. The first-order chi connectivity index (χ1) is 9.79. The normalized spacial score (nSPS) is 17.7. The summed E-state index contributed by atoms with van der Waals surface area (Å²) in [6.07, 6.45) is 5.35. The van der Waals surface area contributed by atoms with Crippen LogP contribution in [-0.2, 0) is 4.79 Å². The van der Waals surface area contributed by atoms with Crippen LogP contribution in [0.5, 0.6) is 5.75 Å². The molecule has 1 unspecified atom stereocenters. The zero-order valence-electron chi connectivity index (χ0n) is 12.6. The summed E-state index contributed by atoms with van der Waals surface area (Å²) in [6.45, 7) is 3.79. The van der Waals surface area contributed by atoms with Gasteiger partial charge in [0.1, 0.15) is 5.75 Å². The molecule has 4 nitrogen and oxygen atoms in total. The molecule has 1 saturated heterocycles. The third kappa shape index (κ3) is 5.94. The maximum absolute atomic E-state index is 12.1. The van der Waals surface area contributed by atoms with E-state index in [2.05, 4.69) is 17.6 Å². The molecule has 21 heavy (non-hydrogen) atoms. The molecule has 2 rings (SSSR count). The highest BCUT2D eigenvalue weighted by Crippen LogP contribution is 2.18. The Hall–Kier alpha value is -1.26. The Kier molecular flexibility index (Phi) is 8.16. The smallest absolute Gasteiger partial charge is 0.241 e. The highest BCUT2D eigenvalue weighted by molar-refractivity contribution is 5.95. The number of unbranched alkanes of at least 4 members (excludes halogenated alkanes) is 1. The number of nitrogens with one attached hydrogen (secondary N) is 2. The molecule has 118 valence electrons. The minimum Gasteiger partial charge on any atom is -0.494 e. The van der Waals surface area contributed by atoms with Gasteiger partial charge in [-0.25, -0.2) is 0 Å². The Morgan fingerprint density at radius 3 is 3.00 bits per heavy atom. The van der Waals surface area contributed by atoms with Crippen LogP contribution in [0.4, 0.5) is 5.69 Å². The second-order valence-corrected chi connectivity index (χ2v) is 5.22. The summed E-state index contributed by atoms with van der Waals surface area (Å²) < 4.78 is 5.65. The number of ether oxygens (including phenoxy) is 1. The van der Waals surface area contributed by atoms with E-state index < -0.39 is 0 Å². The van der Waals surface area contributed by atoms with Crippen molar-refractivity contribution in [2.24, 2.45) is 0 Å². The highest BCUT2D eigenvalue weighted by Gasteiger charge is 2.20. The molecule has 1 amide bonds. The number of carbonyl (C=O) groups excluding carboxylic acids is 1. The molecule has 0 bridgehead atoms. The standard InChI is InChI=1S/C16H24N2O2.ClH/c1-2-3-11-20-14-8-6-7-13(12-14)18-16(19)15-9-4-5-10-17-15;/h6-8,12,15,17H,2-5,9-11H2,1H3,(H,18,19);1H. The number of anilines is 1. The minimum atomic E-state index is -0.0617. The summed E-state index contributed by atoms with van der Waals surface area (Å²) in [7, 11) is 0. The molecular weight excluding hydrogens is 288 g/mol. The number of rotatable bonds is 6. The van der Waals surface area contributed by atoms with Gasteiger partial charge in [0.05, 0.1) is 12.6 Å². The van der Waals surface area contributed by atoms with Crippen LogP contribution in [0.3, 0.4) is 0 Å². The van der Waals surface area contributed by atoms with Gasteiger partial charge in [0.2, 0.25) is 5.91 Å². The van der Waals surface area contributed by atoms with E-state index in [9.17, 15) is 4.79 Å². The first-order valence-corrected chi connectivity index (χ1v) is 7.56. The van der Waals surface area contributed by atoms with Crippen molar-refractivity contribution in [1.29, 1.82) is 0 Å². The molecule has 2 N–H and O–H groups in total. The number of hydrogen-bond donors (Lipinski definition) is 2. The highest BCUT2D eigenvalue weighted by atomic mass is 35.5. The second-order valence-electron chi connectivity index (χ2n) is 5.22. The largest absolute Gasteiger partial charge is 0.494 e. The van der Waals surface area contributed by atoms with Gasteiger partial charge in [-0.15, -0.1) is 12.4 Å². The van der Waals surface area contributed by atoms with Crippen LogP contribution < -0.4 is 15.4 Å². The Morgan fingerprint density at radius 2 is 2.29 bits per heavy atom. The molecule has 0 radical (unpaired) electrons. The number of hydrogen-bond acceptors (Lipinski definition) is 3. The first-order valence-electron chi connectivity index (χ1n) is 7.56. The monoisotopic (exact) mass is 312 g/mol. The molecule has 0 saturated carbocycles. The van der Waals surface area contributed by atoms with E-state index >= 15 is 0 Å². The van der Waals surface area contributed by atoms with E-state index in [4.69, 9.17) is 4.74 Å². The molecular formula is C16H25ClN2O2. The Labute approximate surface area is 133 Å². The summed E-state index contributed by atoms with van der Waals surface area (Å²) in [5.74, 6) is 0.864. The van der Waals surface area contributed by atoms with Crippen LogP contribution >= 0.6 is 12.4 Å². The minimum absolute atomic E-state index is 0. The number of benzene rings is 1. The van der Waals surface area contributed by atoms with Crippen LogP contribution in [0.2, 0.25) is 0 Å². The van der Waals surface area contributed by atoms with Gasteiger partial charge in [-0.1, -0.05) is 25.8 Å². The fourth-order valence-corrected chi connectivity index (χ4v) is 2.30. The van der Waals surface area contributed by atoms with Crippen LogP contribution in [0, 0.1) is 0 Å². The van der Waals surface area contributed by atoms with Gasteiger partial charge < -0.3 is 15.4 Å². The average Bonchev–Trinajstić information content (AvgIpc) is 2.49. The predicted octanol–water partition coefficient (Wildman–Crippen LogP) is 3.37. The predicted molar refractivity (Wildman–Crippen MR) is 88.4 cm³/mol. The third-order valence-corrected chi connectivity index (χ3v) is 3.49. The number of carbonyl (C=O) groups is 1. The van der Waals surface area contributed by atoms with Crippen LogP contribution in [0.15, 0.2) is 24.3 Å². The third-order valence-electron chi connectivity index (χ3n) is 3.49. The van der Waals surface area contributed by atoms with Gasteiger partial charge in [0.15, 0.2) is 0 Å². The van der Waals surface area contributed by atoms with E-state index in [1.807, 2.05) is 24.3 Å². The van der Waals surface area contributed by atoms with Crippen molar-refractivity contribution in [2.45, 2.75) is 45.1 Å². The van der Waals surface area contributed by atoms with Gasteiger partial charge in [-0.2, -0.15) is 0 Å². The average molecular weight is 313 g/mol. The van der Waals surface area contributed by atoms with Crippen molar-refractivity contribution in [3.8, 4) is 5.75 Å². The maximum Gasteiger partial charge on any atom is 0.241 e. The molecule has 1 aromatic rings. The number of halogens is 1. The SMILES string of the molecule is CCCCOc1cccc(NC(=O)C2CCCCN2)c1.Cl. The van der Waals surface area contributed by atoms with Crippen molar-refractivity contribution in [2.75, 3.05) is 18.5 Å². The van der Waals surface area contributed by atoms with Crippen molar-refractivity contribution in [3.05, 3.63) is 24.3 Å². The Morgan fingerprint density at radius 1 is 1.43 bits per heavy atom. The van der Waals surface area contributed by atoms with Crippen molar-refractivity contribution >= 4 is 24.0 Å². The van der Waals surface area contributed by atoms with E-state index in [0.29, 0.717) is 0 Å². The van der Waals surface area contributed by atoms with Crippen LogP contribution in [0.25, 0.3) is 0 Å². The molecule has 1 fully saturated rings. The molecule has 1 aliphatic rings. The van der Waals surface area contributed by atoms with Crippen molar-refractivity contribution in [3.63, 3.8) is 0 Å². The zero-order chi connectivity index (χ0) is 14.2. The van der Waals surface area contributed by atoms with Crippen LogP contribution in [0.1, 0.15) is 39.0 Å². The maximum atomic E-state index is 12.1. The lowest BCUT2D eigenvalue weighted by molar-refractivity contribution is -0.118. The summed E-state index contributed by atoms with van der Waals surface area (Å²) in [6, 6.07) is 7.55. The summed E-state index contributed by atoms with van der Waals surface area (Å²) >= 11 is 0. The summed E-state index contributed by atoms with van der Waals surface area (Å²) in [5.41, 5.74) is 0.802. The summed E-state index contributed by atoms with van der Waals surface area (Å²) in [5, 5.41) is 6.21. The lowest BCUT2D eigenvalue weighted by Gasteiger charge is -2.22. The van der Waals surface area contributed by atoms with Gasteiger partial charge in [0.25, 0.3) is 0 Å².